The zero-order valence-electron chi connectivity index (χ0n) is 12.0. The fourth-order valence-electron chi connectivity index (χ4n) is 1.99. The monoisotopic (exact) mass is 293 g/mol. The van der Waals surface area contributed by atoms with Crippen molar-refractivity contribution < 1.29 is 0 Å². The molecule has 3 heteroatoms. The Hall–Kier alpha value is -0.860. The lowest BCUT2D eigenvalue weighted by atomic mass is 9.82. The fraction of sp³-hybridized carbons (Fsp3) is 0.438. The van der Waals surface area contributed by atoms with Crippen LogP contribution in [0.1, 0.15) is 44.6 Å². The molecule has 1 aromatic carbocycles. The molecule has 0 aliphatic rings. The van der Waals surface area contributed by atoms with Crippen LogP contribution in [-0.4, -0.2) is 4.98 Å². The number of benzene rings is 1. The Morgan fingerprint density at radius 2 is 2.00 bits per heavy atom. The van der Waals surface area contributed by atoms with E-state index in [0.29, 0.717) is 0 Å². The molecular weight excluding hydrogens is 274 g/mol. The van der Waals surface area contributed by atoms with E-state index in [1.807, 2.05) is 12.3 Å². The van der Waals surface area contributed by atoms with E-state index < -0.39 is 0 Å². The third-order valence-corrected chi connectivity index (χ3v) is 5.23. The summed E-state index contributed by atoms with van der Waals surface area (Å²) >= 11 is 8.20. The Labute approximate surface area is 124 Å². The lowest BCUT2D eigenvalue weighted by Crippen LogP contribution is -2.15. The number of halogens is 1. The first-order chi connectivity index (χ1) is 8.97. The lowest BCUT2D eigenvalue weighted by Gasteiger charge is -2.24. The van der Waals surface area contributed by atoms with Crippen molar-refractivity contribution in [2.24, 2.45) is 0 Å². The van der Waals surface area contributed by atoms with E-state index in [2.05, 4.69) is 44.8 Å². The van der Waals surface area contributed by atoms with Crippen molar-refractivity contribution in [3.63, 3.8) is 0 Å². The SMILES string of the molecule is CCc1cnc(-c2ccc(C(C)(C)CC)c(Cl)c2)s1. The van der Waals surface area contributed by atoms with Gasteiger partial charge in [0.1, 0.15) is 5.01 Å². The van der Waals surface area contributed by atoms with Crippen molar-refractivity contribution in [1.29, 1.82) is 0 Å². The van der Waals surface area contributed by atoms with Gasteiger partial charge in [-0.15, -0.1) is 11.3 Å². The van der Waals surface area contributed by atoms with Gasteiger partial charge in [-0.2, -0.15) is 0 Å². The van der Waals surface area contributed by atoms with Crippen LogP contribution < -0.4 is 0 Å². The molecule has 1 nitrogen and oxygen atoms in total. The van der Waals surface area contributed by atoms with Gasteiger partial charge in [-0.1, -0.05) is 51.4 Å². The average molecular weight is 294 g/mol. The van der Waals surface area contributed by atoms with Gasteiger partial charge in [0.15, 0.2) is 0 Å². The molecule has 19 heavy (non-hydrogen) atoms. The van der Waals surface area contributed by atoms with E-state index in [0.717, 1.165) is 28.4 Å². The topological polar surface area (TPSA) is 12.9 Å². The quantitative estimate of drug-likeness (QED) is 0.703. The zero-order chi connectivity index (χ0) is 14.0. The molecule has 0 N–H and O–H groups in total. The molecule has 1 aromatic heterocycles. The Morgan fingerprint density at radius 1 is 1.26 bits per heavy atom. The number of aromatic nitrogens is 1. The van der Waals surface area contributed by atoms with Gasteiger partial charge in [-0.05, 0) is 29.9 Å². The van der Waals surface area contributed by atoms with Crippen LogP contribution in [0.2, 0.25) is 5.02 Å². The minimum atomic E-state index is 0.118. The number of hydrogen-bond donors (Lipinski definition) is 0. The van der Waals surface area contributed by atoms with Crippen molar-refractivity contribution in [2.45, 2.75) is 46.0 Å². The summed E-state index contributed by atoms with van der Waals surface area (Å²) in [6, 6.07) is 6.33. The first kappa shape index (κ1) is 14.5. The highest BCUT2D eigenvalue weighted by molar-refractivity contribution is 7.15. The van der Waals surface area contributed by atoms with Crippen LogP contribution in [0.25, 0.3) is 10.6 Å². The summed E-state index contributed by atoms with van der Waals surface area (Å²) in [6.07, 6.45) is 4.06. The Kier molecular flexibility index (Phi) is 4.32. The maximum atomic E-state index is 6.46. The minimum absolute atomic E-state index is 0.118. The molecule has 0 amide bonds. The van der Waals surface area contributed by atoms with Gasteiger partial charge in [-0.25, -0.2) is 4.98 Å². The van der Waals surface area contributed by atoms with Crippen LogP contribution in [0.3, 0.4) is 0 Å². The van der Waals surface area contributed by atoms with E-state index in [1.54, 1.807) is 11.3 Å². The predicted octanol–water partition coefficient (Wildman–Crippen LogP) is 5.71. The van der Waals surface area contributed by atoms with E-state index in [9.17, 15) is 0 Å². The molecule has 0 fully saturated rings. The summed E-state index contributed by atoms with van der Waals surface area (Å²) in [4.78, 5) is 5.78. The molecule has 0 saturated heterocycles. The minimum Gasteiger partial charge on any atom is -0.244 e. The van der Waals surface area contributed by atoms with Gasteiger partial charge in [0, 0.05) is 21.7 Å². The second-order valence-corrected chi connectivity index (χ2v) is 6.94. The van der Waals surface area contributed by atoms with Crippen molar-refractivity contribution in [2.75, 3.05) is 0 Å². The molecule has 0 saturated carbocycles. The van der Waals surface area contributed by atoms with E-state index in [4.69, 9.17) is 11.6 Å². The van der Waals surface area contributed by atoms with Crippen LogP contribution in [-0.2, 0) is 11.8 Å². The summed E-state index contributed by atoms with van der Waals surface area (Å²) in [5, 5.41) is 1.90. The van der Waals surface area contributed by atoms with Gasteiger partial charge in [-0.3, -0.25) is 0 Å². The van der Waals surface area contributed by atoms with Crippen molar-refractivity contribution in [3.05, 3.63) is 39.9 Å². The standard InChI is InChI=1S/C16H20ClNS/c1-5-12-10-18-15(19-12)11-7-8-13(14(17)9-11)16(3,4)6-2/h7-10H,5-6H2,1-4H3. The largest absolute Gasteiger partial charge is 0.244 e. The van der Waals surface area contributed by atoms with Crippen molar-refractivity contribution >= 4 is 22.9 Å². The highest BCUT2D eigenvalue weighted by Gasteiger charge is 2.21. The molecule has 0 bridgehead atoms. The molecule has 2 aromatic rings. The summed E-state index contributed by atoms with van der Waals surface area (Å²) in [5.74, 6) is 0. The molecule has 0 aliphatic carbocycles. The highest BCUT2D eigenvalue weighted by Crippen LogP contribution is 2.36. The smallest absolute Gasteiger partial charge is 0.123 e. The van der Waals surface area contributed by atoms with Gasteiger partial charge in [0.2, 0.25) is 0 Å². The molecule has 1 heterocycles. The van der Waals surface area contributed by atoms with Crippen LogP contribution >= 0.6 is 22.9 Å². The second-order valence-electron chi connectivity index (χ2n) is 5.42. The van der Waals surface area contributed by atoms with Gasteiger partial charge in [0.25, 0.3) is 0 Å². The summed E-state index contributed by atoms with van der Waals surface area (Å²) in [7, 11) is 0. The Balaban J connectivity index is 2.38. The van der Waals surface area contributed by atoms with Gasteiger partial charge < -0.3 is 0 Å². The zero-order valence-corrected chi connectivity index (χ0v) is 13.5. The average Bonchev–Trinajstić information content (AvgIpc) is 2.87. The van der Waals surface area contributed by atoms with Crippen molar-refractivity contribution in [3.8, 4) is 10.6 Å². The molecule has 0 atom stereocenters. The first-order valence-electron chi connectivity index (χ1n) is 6.73. The van der Waals surface area contributed by atoms with Gasteiger partial charge >= 0.3 is 0 Å². The summed E-state index contributed by atoms with van der Waals surface area (Å²) in [6.45, 7) is 8.80. The lowest BCUT2D eigenvalue weighted by molar-refractivity contribution is 0.506. The number of nitrogens with zero attached hydrogens (tertiary/aromatic N) is 1. The van der Waals surface area contributed by atoms with Gasteiger partial charge in [0.05, 0.1) is 0 Å². The van der Waals surface area contributed by atoms with Crippen LogP contribution in [0.4, 0.5) is 0 Å². The highest BCUT2D eigenvalue weighted by atomic mass is 35.5. The summed E-state index contributed by atoms with van der Waals surface area (Å²) in [5.41, 5.74) is 2.45. The Bertz CT molecular complexity index is 572. The first-order valence-corrected chi connectivity index (χ1v) is 7.92. The maximum absolute atomic E-state index is 6.46. The number of thiazole rings is 1. The second kappa shape index (κ2) is 5.64. The van der Waals surface area contributed by atoms with Crippen molar-refractivity contribution in [1.82, 2.24) is 4.98 Å². The molecule has 2 rings (SSSR count). The van der Waals surface area contributed by atoms with E-state index >= 15 is 0 Å². The molecule has 102 valence electrons. The normalized spacial score (nSPS) is 11.8. The number of rotatable bonds is 4. The molecule has 0 aliphatic heterocycles. The molecule has 0 radical (unpaired) electrons. The number of hydrogen-bond acceptors (Lipinski definition) is 2. The third kappa shape index (κ3) is 3.01. The molecule has 0 unspecified atom stereocenters. The molecule has 0 spiro atoms. The van der Waals surface area contributed by atoms with E-state index in [1.165, 1.54) is 10.4 Å². The van der Waals surface area contributed by atoms with Crippen LogP contribution in [0.5, 0.6) is 0 Å². The third-order valence-electron chi connectivity index (χ3n) is 3.73. The number of aryl methyl sites for hydroxylation is 1. The Morgan fingerprint density at radius 3 is 2.53 bits per heavy atom. The van der Waals surface area contributed by atoms with E-state index in [-0.39, 0.29) is 5.41 Å². The van der Waals surface area contributed by atoms with Crippen LogP contribution in [0.15, 0.2) is 24.4 Å². The summed E-state index contributed by atoms with van der Waals surface area (Å²) < 4.78 is 0. The van der Waals surface area contributed by atoms with Crippen LogP contribution in [0, 0.1) is 0 Å². The predicted molar refractivity (Wildman–Crippen MR) is 85.3 cm³/mol. The maximum Gasteiger partial charge on any atom is 0.123 e. The fourth-order valence-corrected chi connectivity index (χ4v) is 3.28. The molecular formula is C16H20ClNS.